The summed E-state index contributed by atoms with van der Waals surface area (Å²) in [5.41, 5.74) is 0. The summed E-state index contributed by atoms with van der Waals surface area (Å²) in [6.45, 7) is 5.51. The zero-order valence-corrected chi connectivity index (χ0v) is 12.8. The van der Waals surface area contributed by atoms with Crippen LogP contribution in [0.25, 0.3) is 0 Å². The molecule has 2 heterocycles. The molecule has 1 fully saturated rings. The van der Waals surface area contributed by atoms with Crippen LogP contribution in [-0.2, 0) is 19.5 Å². The highest BCUT2D eigenvalue weighted by Crippen LogP contribution is 2.29. The maximum atomic E-state index is 4.34. The van der Waals surface area contributed by atoms with Crippen molar-refractivity contribution in [3.63, 3.8) is 0 Å². The molecule has 112 valence electrons. The minimum atomic E-state index is 0.885. The molecule has 1 aromatic heterocycles. The number of aromatic nitrogens is 3. The molecule has 2 aliphatic rings. The Kier molecular flexibility index (Phi) is 4.71. The van der Waals surface area contributed by atoms with Gasteiger partial charge in [-0.05, 0) is 37.6 Å². The lowest BCUT2D eigenvalue weighted by Crippen LogP contribution is -2.23. The molecule has 4 heteroatoms. The lowest BCUT2D eigenvalue weighted by Gasteiger charge is -2.26. The van der Waals surface area contributed by atoms with Crippen molar-refractivity contribution in [2.45, 2.75) is 71.4 Å². The number of fused-ring (bicyclic) bond motifs is 1. The van der Waals surface area contributed by atoms with E-state index in [1.165, 1.54) is 50.8 Å². The van der Waals surface area contributed by atoms with Gasteiger partial charge >= 0.3 is 0 Å². The molecular weight excluding hydrogens is 248 g/mol. The lowest BCUT2D eigenvalue weighted by molar-refractivity contribution is 0.275. The van der Waals surface area contributed by atoms with Crippen molar-refractivity contribution in [1.29, 1.82) is 0 Å². The predicted molar refractivity (Wildman–Crippen MR) is 80.4 cm³/mol. The van der Waals surface area contributed by atoms with Gasteiger partial charge in [0, 0.05) is 13.0 Å². The second-order valence-electron chi connectivity index (χ2n) is 6.73. The average molecular weight is 276 g/mol. The Labute approximate surface area is 122 Å². The van der Waals surface area contributed by atoms with Gasteiger partial charge in [0.05, 0.1) is 6.54 Å². The van der Waals surface area contributed by atoms with Crippen LogP contribution in [0.1, 0.15) is 63.5 Å². The Balaban J connectivity index is 1.39. The van der Waals surface area contributed by atoms with Gasteiger partial charge in [-0.2, -0.15) is 0 Å². The molecular formula is C16H28N4. The minimum absolute atomic E-state index is 0.885. The van der Waals surface area contributed by atoms with Crippen LogP contribution in [0.2, 0.25) is 0 Å². The molecule has 0 saturated heterocycles. The van der Waals surface area contributed by atoms with Crippen LogP contribution < -0.4 is 5.32 Å². The SMILES string of the molecule is CC1CCC(CCNCc2nnc3n2CCCC3)CC1. The molecule has 1 aliphatic heterocycles. The minimum Gasteiger partial charge on any atom is -0.314 e. The van der Waals surface area contributed by atoms with Crippen LogP contribution in [0.5, 0.6) is 0 Å². The van der Waals surface area contributed by atoms with E-state index in [4.69, 9.17) is 0 Å². The topological polar surface area (TPSA) is 42.7 Å². The van der Waals surface area contributed by atoms with Gasteiger partial charge < -0.3 is 9.88 Å². The van der Waals surface area contributed by atoms with Crippen molar-refractivity contribution in [1.82, 2.24) is 20.1 Å². The molecule has 1 saturated carbocycles. The largest absolute Gasteiger partial charge is 0.314 e. The summed E-state index contributed by atoms with van der Waals surface area (Å²) in [6, 6.07) is 0. The summed E-state index contributed by atoms with van der Waals surface area (Å²) in [5, 5.41) is 12.2. The number of aryl methyl sites for hydroxylation is 1. The summed E-state index contributed by atoms with van der Waals surface area (Å²) in [7, 11) is 0. The number of hydrogen-bond donors (Lipinski definition) is 1. The quantitative estimate of drug-likeness (QED) is 0.841. The Bertz CT molecular complexity index is 418. The van der Waals surface area contributed by atoms with Gasteiger partial charge in [0.25, 0.3) is 0 Å². The lowest BCUT2D eigenvalue weighted by atomic mass is 9.81. The van der Waals surface area contributed by atoms with Crippen molar-refractivity contribution in [2.75, 3.05) is 6.54 Å². The van der Waals surface area contributed by atoms with E-state index in [-0.39, 0.29) is 0 Å². The third-order valence-electron chi connectivity index (χ3n) is 5.08. The van der Waals surface area contributed by atoms with Crippen molar-refractivity contribution >= 4 is 0 Å². The first-order valence-corrected chi connectivity index (χ1v) is 8.44. The summed E-state index contributed by atoms with van der Waals surface area (Å²) < 4.78 is 2.32. The van der Waals surface area contributed by atoms with Crippen LogP contribution in [0.4, 0.5) is 0 Å². The maximum Gasteiger partial charge on any atom is 0.147 e. The fourth-order valence-electron chi connectivity index (χ4n) is 3.62. The van der Waals surface area contributed by atoms with E-state index in [1.54, 1.807) is 0 Å². The van der Waals surface area contributed by atoms with Gasteiger partial charge in [-0.1, -0.05) is 32.6 Å². The van der Waals surface area contributed by atoms with Gasteiger partial charge in [0.1, 0.15) is 11.6 Å². The first kappa shape index (κ1) is 14.1. The monoisotopic (exact) mass is 276 g/mol. The molecule has 20 heavy (non-hydrogen) atoms. The molecule has 0 amide bonds. The first-order valence-electron chi connectivity index (χ1n) is 8.44. The number of hydrogen-bond acceptors (Lipinski definition) is 3. The number of nitrogens with zero attached hydrogens (tertiary/aromatic N) is 3. The fourth-order valence-corrected chi connectivity index (χ4v) is 3.62. The van der Waals surface area contributed by atoms with Crippen molar-refractivity contribution in [3.05, 3.63) is 11.6 Å². The Morgan fingerprint density at radius 3 is 2.85 bits per heavy atom. The van der Waals surface area contributed by atoms with E-state index in [2.05, 4.69) is 27.0 Å². The van der Waals surface area contributed by atoms with E-state index in [0.717, 1.165) is 43.7 Å². The van der Waals surface area contributed by atoms with Gasteiger partial charge in [-0.15, -0.1) is 10.2 Å². The molecule has 3 rings (SSSR count). The summed E-state index contributed by atoms with van der Waals surface area (Å²) in [4.78, 5) is 0. The molecule has 0 bridgehead atoms. The van der Waals surface area contributed by atoms with Crippen LogP contribution >= 0.6 is 0 Å². The van der Waals surface area contributed by atoms with Crippen molar-refractivity contribution in [2.24, 2.45) is 11.8 Å². The highest BCUT2D eigenvalue weighted by atomic mass is 15.3. The van der Waals surface area contributed by atoms with E-state index in [0.29, 0.717) is 0 Å². The first-order chi connectivity index (χ1) is 9.83. The third kappa shape index (κ3) is 3.40. The molecule has 0 unspecified atom stereocenters. The Morgan fingerprint density at radius 2 is 2.00 bits per heavy atom. The maximum absolute atomic E-state index is 4.34. The molecule has 4 nitrogen and oxygen atoms in total. The fraction of sp³-hybridized carbons (Fsp3) is 0.875. The second-order valence-corrected chi connectivity index (χ2v) is 6.73. The zero-order valence-electron chi connectivity index (χ0n) is 12.8. The van der Waals surface area contributed by atoms with E-state index < -0.39 is 0 Å². The van der Waals surface area contributed by atoms with Gasteiger partial charge in [-0.25, -0.2) is 0 Å². The molecule has 1 aliphatic carbocycles. The molecule has 1 aromatic rings. The zero-order chi connectivity index (χ0) is 13.8. The second kappa shape index (κ2) is 6.70. The highest BCUT2D eigenvalue weighted by molar-refractivity contribution is 4.98. The van der Waals surface area contributed by atoms with Crippen LogP contribution in [0.3, 0.4) is 0 Å². The highest BCUT2D eigenvalue weighted by Gasteiger charge is 2.18. The standard InChI is InChI=1S/C16H28N4/c1-13-5-7-14(8-6-13)9-10-17-12-16-19-18-15-4-2-3-11-20(15)16/h13-14,17H,2-12H2,1H3. The number of rotatable bonds is 5. The third-order valence-corrected chi connectivity index (χ3v) is 5.08. The van der Waals surface area contributed by atoms with Crippen LogP contribution in [0.15, 0.2) is 0 Å². The normalized spacial score (nSPS) is 26.4. The number of nitrogens with one attached hydrogen (secondary N) is 1. The summed E-state index contributed by atoms with van der Waals surface area (Å²) in [6.07, 6.45) is 10.7. The van der Waals surface area contributed by atoms with Crippen molar-refractivity contribution < 1.29 is 0 Å². The predicted octanol–water partition coefficient (Wildman–Crippen LogP) is 2.92. The molecule has 0 spiro atoms. The van der Waals surface area contributed by atoms with E-state index in [1.807, 2.05) is 0 Å². The molecule has 0 radical (unpaired) electrons. The van der Waals surface area contributed by atoms with Crippen LogP contribution in [0, 0.1) is 11.8 Å². The van der Waals surface area contributed by atoms with Gasteiger partial charge in [0.2, 0.25) is 0 Å². The van der Waals surface area contributed by atoms with E-state index in [9.17, 15) is 0 Å². The summed E-state index contributed by atoms with van der Waals surface area (Å²) >= 11 is 0. The summed E-state index contributed by atoms with van der Waals surface area (Å²) in [5.74, 6) is 4.24. The molecule has 0 atom stereocenters. The molecule has 0 aromatic carbocycles. The van der Waals surface area contributed by atoms with Gasteiger partial charge in [-0.3, -0.25) is 0 Å². The Morgan fingerprint density at radius 1 is 1.15 bits per heavy atom. The average Bonchev–Trinajstić information content (AvgIpc) is 2.89. The molecule has 1 N–H and O–H groups in total. The van der Waals surface area contributed by atoms with Crippen molar-refractivity contribution in [3.8, 4) is 0 Å². The van der Waals surface area contributed by atoms with Gasteiger partial charge in [0.15, 0.2) is 0 Å². The Hall–Kier alpha value is -0.900. The smallest absolute Gasteiger partial charge is 0.147 e. The van der Waals surface area contributed by atoms with Crippen LogP contribution in [-0.4, -0.2) is 21.3 Å². The van der Waals surface area contributed by atoms with E-state index >= 15 is 0 Å².